The van der Waals surface area contributed by atoms with Crippen LogP contribution >= 0.6 is 22.6 Å². The van der Waals surface area contributed by atoms with E-state index >= 15 is 0 Å². The Labute approximate surface area is 224 Å². The number of hydrogen-bond acceptors (Lipinski definition) is 5. The van der Waals surface area contributed by atoms with Crippen LogP contribution in [0.15, 0.2) is 65.7 Å². The Kier molecular flexibility index (Phi) is 8.56. The summed E-state index contributed by atoms with van der Waals surface area (Å²) in [6.07, 6.45) is 6.57. The van der Waals surface area contributed by atoms with Gasteiger partial charge in [0.1, 0.15) is 12.2 Å². The van der Waals surface area contributed by atoms with Crippen LogP contribution in [0.5, 0.6) is 11.5 Å². The minimum absolute atomic E-state index is 0.0400. The molecule has 1 aliphatic rings. The Bertz CT molecular complexity index is 1250. The van der Waals surface area contributed by atoms with Crippen molar-refractivity contribution in [2.75, 3.05) is 11.6 Å². The van der Waals surface area contributed by atoms with Gasteiger partial charge in [0, 0.05) is 28.1 Å². The molecule has 0 unspecified atom stereocenters. The van der Waals surface area contributed by atoms with E-state index in [1.54, 1.807) is 10.9 Å². The van der Waals surface area contributed by atoms with Gasteiger partial charge < -0.3 is 19.6 Å². The second kappa shape index (κ2) is 11.8. The van der Waals surface area contributed by atoms with Gasteiger partial charge in [0.05, 0.1) is 13.2 Å². The molecule has 36 heavy (non-hydrogen) atoms. The third-order valence-corrected chi connectivity index (χ3v) is 7.20. The molecule has 1 fully saturated rings. The number of hydrogen-bond donors (Lipinski definition) is 1. The van der Waals surface area contributed by atoms with Crippen molar-refractivity contribution in [2.24, 2.45) is 5.92 Å². The maximum atomic E-state index is 12.0. The minimum Gasteiger partial charge on any atom is -0.490 e. The lowest BCUT2D eigenvalue weighted by Crippen LogP contribution is -2.41. The fourth-order valence-corrected chi connectivity index (χ4v) is 4.51. The molecular weight excluding hydrogens is 571 g/mol. The number of nitrogens with zero attached hydrogens (tertiary/aromatic N) is 2. The van der Waals surface area contributed by atoms with E-state index in [0.29, 0.717) is 31.3 Å². The number of aromatic nitrogens is 1. The average molecular weight is 602 g/mol. The zero-order valence-electron chi connectivity index (χ0n) is 20.5. The molecule has 1 saturated carbocycles. The quantitative estimate of drug-likeness (QED) is 0.278. The molecule has 2 aromatic carbocycles. The van der Waals surface area contributed by atoms with Gasteiger partial charge in [-0.15, -0.1) is 0 Å². The molecule has 0 amide bonds. The number of aromatic carboxylic acids is 1. The van der Waals surface area contributed by atoms with E-state index in [1.165, 1.54) is 25.1 Å². The summed E-state index contributed by atoms with van der Waals surface area (Å²) >= 11 is 2.30. The molecule has 7 nitrogen and oxygen atoms in total. The van der Waals surface area contributed by atoms with E-state index in [2.05, 4.69) is 22.6 Å². The van der Waals surface area contributed by atoms with Crippen LogP contribution in [0.3, 0.4) is 0 Å². The van der Waals surface area contributed by atoms with Gasteiger partial charge in [-0.05, 0) is 72.0 Å². The molecule has 4 rings (SSSR count). The zero-order chi connectivity index (χ0) is 25.7. The third kappa shape index (κ3) is 6.81. The topological polar surface area (TPSA) is 81.0 Å². The summed E-state index contributed by atoms with van der Waals surface area (Å²) in [4.78, 5) is 23.5. The first kappa shape index (κ1) is 26.1. The smallest absolute Gasteiger partial charge is 0.341 e. The van der Waals surface area contributed by atoms with Gasteiger partial charge in [-0.1, -0.05) is 43.2 Å². The van der Waals surface area contributed by atoms with Crippen LogP contribution in [0.1, 0.15) is 54.6 Å². The fraction of sp³-hybridized carbons (Fsp3) is 0.357. The molecule has 0 spiro atoms. The van der Waals surface area contributed by atoms with E-state index in [-0.39, 0.29) is 11.6 Å². The van der Waals surface area contributed by atoms with Crippen molar-refractivity contribution in [3.8, 4) is 11.5 Å². The second-order valence-electron chi connectivity index (χ2n) is 9.34. The van der Waals surface area contributed by atoms with Gasteiger partial charge in [-0.2, -0.15) is 0 Å². The molecule has 0 radical (unpaired) electrons. The van der Waals surface area contributed by atoms with Crippen molar-refractivity contribution in [3.63, 3.8) is 0 Å². The molecule has 0 atom stereocenters. The van der Waals surface area contributed by atoms with Gasteiger partial charge in [0.25, 0.3) is 0 Å². The number of carboxylic acids is 1. The van der Waals surface area contributed by atoms with Crippen molar-refractivity contribution < 1.29 is 19.4 Å². The van der Waals surface area contributed by atoms with E-state index in [9.17, 15) is 14.7 Å². The molecule has 0 bridgehead atoms. The molecule has 8 heteroatoms. The molecular formula is C28H31IN2O5. The Morgan fingerprint density at radius 1 is 1.14 bits per heavy atom. The summed E-state index contributed by atoms with van der Waals surface area (Å²) in [6, 6.07) is 15.4. The zero-order valence-corrected chi connectivity index (χ0v) is 22.7. The highest BCUT2D eigenvalue weighted by Crippen LogP contribution is 2.36. The van der Waals surface area contributed by atoms with E-state index in [4.69, 9.17) is 9.47 Å². The van der Waals surface area contributed by atoms with E-state index in [1.807, 2.05) is 61.3 Å². The van der Waals surface area contributed by atoms with Crippen LogP contribution in [-0.4, -0.2) is 28.4 Å². The van der Waals surface area contributed by atoms with Gasteiger partial charge in [-0.25, -0.2) is 4.79 Å². The third-order valence-electron chi connectivity index (χ3n) is 6.19. The number of benzene rings is 2. The van der Waals surface area contributed by atoms with Gasteiger partial charge in [0.2, 0.25) is 0 Å². The lowest BCUT2D eigenvalue weighted by atomic mass is 10.1. The molecule has 1 N–H and O–H groups in total. The number of carboxylic acid groups (broad SMARTS) is 1. The molecule has 1 heterocycles. The lowest BCUT2D eigenvalue weighted by Gasteiger charge is -2.32. The molecule has 190 valence electrons. The first-order chi connectivity index (χ1) is 17.3. The highest BCUT2D eigenvalue weighted by atomic mass is 127. The molecule has 1 aromatic heterocycles. The summed E-state index contributed by atoms with van der Waals surface area (Å²) in [5.41, 5.74) is 1.34. The summed E-state index contributed by atoms with van der Waals surface area (Å²) in [5, 5.41) is 11.4. The highest BCUT2D eigenvalue weighted by Gasteiger charge is 2.22. The van der Waals surface area contributed by atoms with Crippen molar-refractivity contribution in [1.29, 1.82) is 0 Å². The fourth-order valence-electron chi connectivity index (χ4n) is 3.90. The minimum atomic E-state index is -1.24. The predicted octanol–water partition coefficient (Wildman–Crippen LogP) is 5.46. The number of carbonyl (C=O) groups is 1. The largest absolute Gasteiger partial charge is 0.490 e. The average Bonchev–Trinajstić information content (AvgIpc) is 3.68. The standard InChI is InChI=1S/C28H31IN2O5/c1-19(2)31(30-12-10-25(32)23(17-30)28(33)34)16-22-14-26(35-13-11-20-8-9-20)27(15-24(22)29)36-18-21-6-4-3-5-7-21/h3-7,10,12,14-15,17,19-20H,8-9,11,13,16,18H2,1-2H3,(H,33,34). The van der Waals surface area contributed by atoms with Crippen molar-refractivity contribution >= 4 is 28.6 Å². The summed E-state index contributed by atoms with van der Waals surface area (Å²) in [7, 11) is 0. The van der Waals surface area contributed by atoms with Crippen molar-refractivity contribution in [3.05, 3.63) is 91.4 Å². The Morgan fingerprint density at radius 3 is 2.53 bits per heavy atom. The van der Waals surface area contributed by atoms with Crippen molar-refractivity contribution in [1.82, 2.24) is 4.68 Å². The van der Waals surface area contributed by atoms with Gasteiger partial charge in [0.15, 0.2) is 16.9 Å². The van der Waals surface area contributed by atoms with E-state index in [0.717, 1.165) is 27.0 Å². The number of rotatable bonds is 12. The van der Waals surface area contributed by atoms with Crippen LogP contribution in [-0.2, 0) is 13.2 Å². The van der Waals surface area contributed by atoms with Crippen LogP contribution < -0.4 is 19.9 Å². The summed E-state index contributed by atoms with van der Waals surface area (Å²) in [5.74, 6) is 0.938. The van der Waals surface area contributed by atoms with E-state index < -0.39 is 11.4 Å². The molecule has 1 aliphatic carbocycles. The number of halogens is 1. The van der Waals surface area contributed by atoms with Crippen LogP contribution in [0.25, 0.3) is 0 Å². The normalized spacial score (nSPS) is 13.0. The monoisotopic (exact) mass is 602 g/mol. The SMILES string of the molecule is CC(C)N(Cc1cc(OCCC2CC2)c(OCc2ccccc2)cc1I)n1ccc(=O)c(C(=O)O)c1. The predicted molar refractivity (Wildman–Crippen MR) is 147 cm³/mol. The first-order valence-corrected chi connectivity index (χ1v) is 13.2. The highest BCUT2D eigenvalue weighted by molar-refractivity contribution is 14.1. The molecule has 0 saturated heterocycles. The lowest BCUT2D eigenvalue weighted by molar-refractivity contribution is 0.0694. The summed E-state index contributed by atoms with van der Waals surface area (Å²) < 4.78 is 15.1. The van der Waals surface area contributed by atoms with Crippen molar-refractivity contribution in [2.45, 2.75) is 52.3 Å². The Hall–Kier alpha value is -3.01. The number of ether oxygens (including phenoxy) is 2. The van der Waals surface area contributed by atoms with Crippen LogP contribution in [0.4, 0.5) is 0 Å². The summed E-state index contributed by atoms with van der Waals surface area (Å²) in [6.45, 7) is 5.63. The van der Waals surface area contributed by atoms with Gasteiger partial charge in [-0.3, -0.25) is 9.47 Å². The first-order valence-electron chi connectivity index (χ1n) is 12.2. The maximum absolute atomic E-state index is 12.0. The second-order valence-corrected chi connectivity index (χ2v) is 10.5. The molecule has 0 aliphatic heterocycles. The van der Waals surface area contributed by atoms with Crippen LogP contribution in [0.2, 0.25) is 0 Å². The Balaban J connectivity index is 1.60. The maximum Gasteiger partial charge on any atom is 0.341 e. The van der Waals surface area contributed by atoms with Gasteiger partial charge >= 0.3 is 5.97 Å². The number of pyridine rings is 1. The Morgan fingerprint density at radius 2 is 1.86 bits per heavy atom. The molecule has 3 aromatic rings. The van der Waals surface area contributed by atoms with Crippen LogP contribution in [0, 0.1) is 9.49 Å².